The maximum absolute atomic E-state index is 12.2. The van der Waals surface area contributed by atoms with Crippen molar-refractivity contribution in [3.8, 4) is 0 Å². The molecule has 2 atom stereocenters. The highest BCUT2D eigenvalue weighted by Crippen LogP contribution is 2.25. The van der Waals surface area contributed by atoms with Gasteiger partial charge in [0.25, 0.3) is 0 Å². The molecule has 14 heavy (non-hydrogen) atoms. The Hall–Kier alpha value is -0.980. The number of hydrogen-bond acceptors (Lipinski definition) is 2. The lowest BCUT2D eigenvalue weighted by Gasteiger charge is -2.31. The highest BCUT2D eigenvalue weighted by Gasteiger charge is 2.41. The van der Waals surface area contributed by atoms with Crippen LogP contribution in [0, 0.1) is 0 Å². The lowest BCUT2D eigenvalue weighted by molar-refractivity contribution is -0.160. The molecule has 4 N–H and O–H groups in total. The van der Waals surface area contributed by atoms with Crippen molar-refractivity contribution in [3.63, 3.8) is 0 Å². The van der Waals surface area contributed by atoms with Gasteiger partial charge >= 0.3 is 12.2 Å². The van der Waals surface area contributed by atoms with E-state index in [0.717, 1.165) is 0 Å². The van der Waals surface area contributed by atoms with E-state index in [4.69, 9.17) is 5.73 Å². The molecule has 1 heterocycles. The van der Waals surface area contributed by atoms with Crippen LogP contribution in [0.25, 0.3) is 0 Å². The summed E-state index contributed by atoms with van der Waals surface area (Å²) in [6, 6.07) is -2.47. The minimum Gasteiger partial charge on any atom is -0.352 e. The average molecular weight is 211 g/mol. The van der Waals surface area contributed by atoms with Gasteiger partial charge < -0.3 is 16.4 Å². The summed E-state index contributed by atoms with van der Waals surface area (Å²) >= 11 is 0. The number of carbonyl (C=O) groups is 1. The van der Waals surface area contributed by atoms with Crippen LogP contribution in [0.1, 0.15) is 12.8 Å². The van der Waals surface area contributed by atoms with Crippen molar-refractivity contribution in [2.24, 2.45) is 5.73 Å². The molecule has 2 amide bonds. The van der Waals surface area contributed by atoms with Crippen molar-refractivity contribution >= 4 is 6.03 Å². The van der Waals surface area contributed by atoms with Crippen molar-refractivity contribution in [2.45, 2.75) is 31.1 Å². The van der Waals surface area contributed by atoms with E-state index in [1.54, 1.807) is 0 Å². The maximum atomic E-state index is 12.2. The molecule has 1 aliphatic heterocycles. The van der Waals surface area contributed by atoms with Crippen molar-refractivity contribution in [3.05, 3.63) is 0 Å². The minimum atomic E-state index is -4.21. The van der Waals surface area contributed by atoms with Crippen LogP contribution in [-0.2, 0) is 0 Å². The molecule has 0 aromatic rings. The minimum absolute atomic E-state index is 0.0333. The van der Waals surface area contributed by atoms with Crippen LogP contribution in [-0.4, -0.2) is 30.8 Å². The van der Waals surface area contributed by atoms with Gasteiger partial charge in [0.1, 0.15) is 6.04 Å². The first kappa shape index (κ1) is 11.1. The molecule has 0 radical (unpaired) electrons. The van der Waals surface area contributed by atoms with Gasteiger partial charge in [0.2, 0.25) is 0 Å². The van der Waals surface area contributed by atoms with Crippen LogP contribution < -0.4 is 16.4 Å². The van der Waals surface area contributed by atoms with Crippen LogP contribution in [0.4, 0.5) is 18.0 Å². The number of rotatable bonds is 1. The smallest absolute Gasteiger partial charge is 0.352 e. The van der Waals surface area contributed by atoms with Gasteiger partial charge in [-0.1, -0.05) is 0 Å². The summed E-state index contributed by atoms with van der Waals surface area (Å²) in [4.78, 5) is 10.4. The fraction of sp³-hybridized carbons (Fsp3) is 0.857. The first-order chi connectivity index (χ1) is 6.39. The van der Waals surface area contributed by atoms with Crippen molar-refractivity contribution in [1.29, 1.82) is 0 Å². The molecule has 1 rings (SSSR count). The van der Waals surface area contributed by atoms with Gasteiger partial charge in [-0.2, -0.15) is 13.2 Å². The summed E-state index contributed by atoms with van der Waals surface area (Å²) in [5.41, 5.74) is 4.84. The zero-order chi connectivity index (χ0) is 10.8. The number of carbonyl (C=O) groups excluding carboxylic acids is 1. The zero-order valence-electron chi connectivity index (χ0n) is 7.40. The van der Waals surface area contributed by atoms with E-state index in [9.17, 15) is 18.0 Å². The van der Waals surface area contributed by atoms with E-state index < -0.39 is 18.2 Å². The molecule has 0 bridgehead atoms. The Bertz CT molecular complexity index is 211. The van der Waals surface area contributed by atoms with Gasteiger partial charge in [-0.15, -0.1) is 0 Å². The Labute approximate surface area is 79.0 Å². The number of nitrogens with two attached hydrogens (primary N) is 1. The molecule has 4 nitrogen and oxygen atoms in total. The van der Waals surface area contributed by atoms with Gasteiger partial charge in [-0.3, -0.25) is 0 Å². The normalized spacial score (nSPS) is 28.5. The molecule has 0 aliphatic carbocycles. The van der Waals surface area contributed by atoms with E-state index in [1.807, 2.05) is 0 Å². The zero-order valence-corrected chi connectivity index (χ0v) is 7.40. The van der Waals surface area contributed by atoms with Gasteiger partial charge in [0, 0.05) is 12.6 Å². The van der Waals surface area contributed by atoms with Crippen molar-refractivity contribution in [1.82, 2.24) is 10.6 Å². The predicted molar refractivity (Wildman–Crippen MR) is 43.6 cm³/mol. The second-order valence-electron chi connectivity index (χ2n) is 3.29. The summed E-state index contributed by atoms with van der Waals surface area (Å²) < 4.78 is 36.5. The quantitative estimate of drug-likeness (QED) is 0.585. The van der Waals surface area contributed by atoms with Crippen LogP contribution >= 0.6 is 0 Å². The largest absolute Gasteiger partial charge is 0.403 e. The first-order valence-corrected chi connectivity index (χ1v) is 4.25. The molecule has 1 saturated heterocycles. The molecule has 0 saturated carbocycles. The van der Waals surface area contributed by atoms with E-state index in [-0.39, 0.29) is 19.0 Å². The fourth-order valence-corrected chi connectivity index (χ4v) is 1.46. The summed E-state index contributed by atoms with van der Waals surface area (Å²) in [7, 11) is 0. The number of piperidine rings is 1. The van der Waals surface area contributed by atoms with E-state index in [1.165, 1.54) is 0 Å². The molecule has 2 unspecified atom stereocenters. The van der Waals surface area contributed by atoms with Crippen LogP contribution in [0.15, 0.2) is 0 Å². The third-order valence-corrected chi connectivity index (χ3v) is 2.16. The Kier molecular flexibility index (Phi) is 3.20. The van der Waals surface area contributed by atoms with Gasteiger partial charge in [-0.25, -0.2) is 4.79 Å². The Balaban J connectivity index is 2.35. The standard InChI is InChI=1S/C7H12F3N3O/c8-7(9,10)5-2-1-4(3-12-5)13-6(11)14/h4-5,12H,1-3H2,(H3,11,13,14). The summed E-state index contributed by atoms with van der Waals surface area (Å²) in [6.45, 7) is 0.104. The summed E-state index contributed by atoms with van der Waals surface area (Å²) in [5.74, 6) is 0. The van der Waals surface area contributed by atoms with Gasteiger partial charge in [0.05, 0.1) is 0 Å². The highest BCUT2D eigenvalue weighted by atomic mass is 19.4. The number of urea groups is 1. The fourth-order valence-electron chi connectivity index (χ4n) is 1.46. The first-order valence-electron chi connectivity index (χ1n) is 4.25. The Morgan fingerprint density at radius 1 is 1.43 bits per heavy atom. The topological polar surface area (TPSA) is 67.2 Å². The number of alkyl halides is 3. The monoisotopic (exact) mass is 211 g/mol. The third-order valence-electron chi connectivity index (χ3n) is 2.16. The van der Waals surface area contributed by atoms with E-state index in [2.05, 4.69) is 10.6 Å². The molecular weight excluding hydrogens is 199 g/mol. The number of hydrogen-bond donors (Lipinski definition) is 3. The van der Waals surface area contributed by atoms with E-state index >= 15 is 0 Å². The number of primary amides is 1. The highest BCUT2D eigenvalue weighted by molar-refractivity contribution is 5.71. The molecule has 1 fully saturated rings. The Morgan fingerprint density at radius 3 is 2.43 bits per heavy atom. The second-order valence-corrected chi connectivity index (χ2v) is 3.29. The van der Waals surface area contributed by atoms with Crippen LogP contribution in [0.3, 0.4) is 0 Å². The summed E-state index contributed by atoms with van der Waals surface area (Å²) in [5, 5.41) is 4.68. The molecule has 0 aromatic carbocycles. The number of nitrogens with one attached hydrogen (secondary N) is 2. The molecule has 1 aliphatic rings. The molecule has 7 heteroatoms. The number of halogens is 3. The van der Waals surface area contributed by atoms with Gasteiger partial charge in [-0.05, 0) is 12.8 Å². The maximum Gasteiger partial charge on any atom is 0.403 e. The van der Waals surface area contributed by atoms with Gasteiger partial charge in [0.15, 0.2) is 0 Å². The number of amides is 2. The SMILES string of the molecule is NC(=O)NC1CCC(C(F)(F)F)NC1. The second kappa shape index (κ2) is 4.04. The Morgan fingerprint density at radius 2 is 2.07 bits per heavy atom. The van der Waals surface area contributed by atoms with Crippen LogP contribution in [0.2, 0.25) is 0 Å². The van der Waals surface area contributed by atoms with Crippen molar-refractivity contribution in [2.75, 3.05) is 6.54 Å². The molecule has 0 aromatic heterocycles. The van der Waals surface area contributed by atoms with E-state index in [0.29, 0.717) is 6.42 Å². The molecule has 0 spiro atoms. The molecular formula is C7H12F3N3O. The predicted octanol–water partition coefficient (Wildman–Crippen LogP) is 0.338. The van der Waals surface area contributed by atoms with Crippen LogP contribution in [0.5, 0.6) is 0 Å². The van der Waals surface area contributed by atoms with Crippen molar-refractivity contribution < 1.29 is 18.0 Å². The lowest BCUT2D eigenvalue weighted by Crippen LogP contribution is -2.54. The molecule has 82 valence electrons. The summed E-state index contributed by atoms with van der Waals surface area (Å²) in [6.07, 6.45) is -3.95. The average Bonchev–Trinajstić information content (AvgIpc) is 2.02. The lowest BCUT2D eigenvalue weighted by atomic mass is 10.0. The third kappa shape index (κ3) is 3.06.